The highest BCUT2D eigenvalue weighted by molar-refractivity contribution is 7.82. The molecule has 32 heavy (non-hydrogen) atoms. The van der Waals surface area contributed by atoms with Gasteiger partial charge in [-0.2, -0.15) is 0 Å². The highest BCUT2D eigenvalue weighted by Crippen LogP contribution is 2.33. The Hall–Kier alpha value is -3.29. The van der Waals surface area contributed by atoms with Crippen LogP contribution >= 0.6 is 0 Å². The van der Waals surface area contributed by atoms with E-state index in [1.807, 2.05) is 56.3 Å². The van der Waals surface area contributed by atoms with Crippen LogP contribution in [0, 0.1) is 20.8 Å². The second-order valence-corrected chi connectivity index (χ2v) is 8.78. The molecule has 2 aromatic heterocycles. The van der Waals surface area contributed by atoms with Crippen LogP contribution < -0.4 is 15.3 Å². The molecule has 2 unspecified atom stereocenters. The summed E-state index contributed by atoms with van der Waals surface area (Å²) in [5.41, 5.74) is 4.07. The molecule has 2 heterocycles. The molecule has 6 nitrogen and oxygen atoms in total. The summed E-state index contributed by atoms with van der Waals surface area (Å²) in [6.45, 7) is 7.33. The van der Waals surface area contributed by atoms with E-state index in [4.69, 9.17) is 14.3 Å². The van der Waals surface area contributed by atoms with Crippen molar-refractivity contribution in [2.75, 3.05) is 0 Å². The largest absolute Gasteiger partial charge is 0.483 e. The van der Waals surface area contributed by atoms with E-state index in [1.165, 1.54) is 0 Å². The van der Waals surface area contributed by atoms with Crippen LogP contribution in [0.3, 0.4) is 0 Å². The summed E-state index contributed by atoms with van der Waals surface area (Å²) < 4.78 is 24.4. The van der Waals surface area contributed by atoms with Gasteiger partial charge in [0, 0.05) is 22.4 Å². The summed E-state index contributed by atoms with van der Waals surface area (Å²) in [5, 5.41) is 6.28. The first kappa shape index (κ1) is 21.9. The fraction of sp³-hybridized carbons (Fsp3) is 0.200. The lowest BCUT2D eigenvalue weighted by Gasteiger charge is -2.19. The van der Waals surface area contributed by atoms with Crippen molar-refractivity contribution in [1.82, 2.24) is 4.98 Å². The predicted molar refractivity (Wildman–Crippen MR) is 126 cm³/mol. The summed E-state index contributed by atoms with van der Waals surface area (Å²) in [6, 6.07) is 16.8. The van der Waals surface area contributed by atoms with Crippen LogP contribution in [0.4, 0.5) is 0 Å². The minimum atomic E-state index is -1.80. The number of rotatable bonds is 5. The highest BCUT2D eigenvalue weighted by Gasteiger charge is 2.21. The van der Waals surface area contributed by atoms with Crippen LogP contribution in [-0.2, 0) is 11.0 Å². The van der Waals surface area contributed by atoms with E-state index in [-0.39, 0.29) is 10.5 Å². The summed E-state index contributed by atoms with van der Waals surface area (Å²) >= 11 is 0. The number of fused-ring (bicyclic) bond motifs is 1. The summed E-state index contributed by atoms with van der Waals surface area (Å²) in [6.07, 6.45) is -0.515. The van der Waals surface area contributed by atoms with Gasteiger partial charge >= 0.3 is 0 Å². The molecule has 0 saturated heterocycles. The number of benzene rings is 2. The molecule has 0 radical (unpaired) electrons. The molecule has 0 aliphatic carbocycles. The van der Waals surface area contributed by atoms with E-state index in [0.717, 1.165) is 11.1 Å². The number of aryl methyl sites for hydroxylation is 2. The standard InChI is InChI=1S/C25H24N2O4S/c1-14-12-19(17(4)30-21-11-10-15(2)27-25(21)32(26)29)24-20(13-14)22(28)16(3)23(31-24)18-8-6-5-7-9-18/h5-13,17H,26H2,1-4H3. The summed E-state index contributed by atoms with van der Waals surface area (Å²) in [4.78, 5) is 17.5. The number of nitrogens with two attached hydrogens (primary N) is 1. The molecule has 2 N–H and O–H groups in total. The molecular weight excluding hydrogens is 424 g/mol. The van der Waals surface area contributed by atoms with Crippen LogP contribution in [0.2, 0.25) is 0 Å². The van der Waals surface area contributed by atoms with Crippen molar-refractivity contribution in [2.45, 2.75) is 38.8 Å². The Labute approximate surface area is 188 Å². The third-order valence-electron chi connectivity index (χ3n) is 5.32. The molecule has 0 aliphatic rings. The minimum absolute atomic E-state index is 0.0805. The lowest BCUT2D eigenvalue weighted by molar-refractivity contribution is 0.219. The van der Waals surface area contributed by atoms with Crippen LogP contribution in [0.25, 0.3) is 22.3 Å². The van der Waals surface area contributed by atoms with Crippen LogP contribution in [0.1, 0.15) is 35.4 Å². The summed E-state index contributed by atoms with van der Waals surface area (Å²) in [5.74, 6) is 0.859. The van der Waals surface area contributed by atoms with Crippen LogP contribution in [0.15, 0.2) is 68.8 Å². The first-order valence-electron chi connectivity index (χ1n) is 10.2. The number of hydrogen-bond donors (Lipinski definition) is 1. The van der Waals surface area contributed by atoms with Crippen molar-refractivity contribution in [2.24, 2.45) is 5.14 Å². The maximum atomic E-state index is 13.2. The minimum Gasteiger partial charge on any atom is -0.483 e. The van der Waals surface area contributed by atoms with Crippen molar-refractivity contribution in [3.05, 3.63) is 87.2 Å². The topological polar surface area (TPSA) is 95.4 Å². The Morgan fingerprint density at radius 3 is 2.47 bits per heavy atom. The van der Waals surface area contributed by atoms with Crippen molar-refractivity contribution in [1.29, 1.82) is 0 Å². The zero-order valence-electron chi connectivity index (χ0n) is 18.3. The van der Waals surface area contributed by atoms with Crippen LogP contribution in [0.5, 0.6) is 5.75 Å². The van der Waals surface area contributed by atoms with Gasteiger partial charge in [0.2, 0.25) is 0 Å². The van der Waals surface area contributed by atoms with Gasteiger partial charge in [-0.05, 0) is 57.5 Å². The lowest BCUT2D eigenvalue weighted by Crippen LogP contribution is -2.13. The predicted octanol–water partition coefficient (Wildman–Crippen LogP) is 4.90. The highest BCUT2D eigenvalue weighted by atomic mass is 32.2. The Bertz CT molecular complexity index is 1400. The maximum absolute atomic E-state index is 13.2. The Balaban J connectivity index is 1.88. The average molecular weight is 449 g/mol. The Morgan fingerprint density at radius 2 is 1.78 bits per heavy atom. The second-order valence-electron chi connectivity index (χ2n) is 7.80. The number of pyridine rings is 1. The van der Waals surface area contributed by atoms with Gasteiger partial charge in [0.1, 0.15) is 28.4 Å². The van der Waals surface area contributed by atoms with Gasteiger partial charge in [-0.1, -0.05) is 30.3 Å². The lowest BCUT2D eigenvalue weighted by atomic mass is 10.00. The maximum Gasteiger partial charge on any atom is 0.196 e. The molecule has 2 aromatic carbocycles. The van der Waals surface area contributed by atoms with Gasteiger partial charge < -0.3 is 9.15 Å². The van der Waals surface area contributed by atoms with E-state index >= 15 is 0 Å². The van der Waals surface area contributed by atoms with Gasteiger partial charge in [-0.25, -0.2) is 14.3 Å². The molecule has 0 spiro atoms. The third-order valence-corrected chi connectivity index (χ3v) is 6.00. The molecule has 4 rings (SSSR count). The Kier molecular flexibility index (Phi) is 5.95. The first-order valence-corrected chi connectivity index (χ1v) is 11.4. The number of ether oxygens (including phenoxy) is 1. The van der Waals surface area contributed by atoms with E-state index in [1.54, 1.807) is 26.0 Å². The molecule has 164 valence electrons. The fourth-order valence-electron chi connectivity index (χ4n) is 3.74. The SMILES string of the molecule is Cc1cc(C(C)Oc2ccc(C)nc2S(N)=O)c2oc(-c3ccccc3)c(C)c(=O)c2c1. The van der Waals surface area contributed by atoms with Gasteiger partial charge in [0.25, 0.3) is 0 Å². The monoisotopic (exact) mass is 448 g/mol. The van der Waals surface area contributed by atoms with E-state index in [0.29, 0.717) is 39.3 Å². The van der Waals surface area contributed by atoms with Gasteiger partial charge in [-0.15, -0.1) is 0 Å². The number of nitrogens with zero attached hydrogens (tertiary/aromatic N) is 1. The average Bonchev–Trinajstić information content (AvgIpc) is 2.77. The van der Waals surface area contributed by atoms with E-state index < -0.39 is 17.1 Å². The molecule has 7 heteroatoms. The molecule has 0 fully saturated rings. The van der Waals surface area contributed by atoms with Crippen molar-refractivity contribution < 1.29 is 13.4 Å². The molecular formula is C25H24N2O4S. The Morgan fingerprint density at radius 1 is 1.06 bits per heavy atom. The van der Waals surface area contributed by atoms with E-state index in [2.05, 4.69) is 4.98 Å². The fourth-order valence-corrected chi connectivity index (χ4v) is 4.29. The molecule has 0 aliphatic heterocycles. The van der Waals surface area contributed by atoms with Crippen molar-refractivity contribution >= 4 is 22.0 Å². The van der Waals surface area contributed by atoms with Gasteiger partial charge in [-0.3, -0.25) is 4.79 Å². The molecule has 2 atom stereocenters. The number of hydrogen-bond acceptors (Lipinski definition) is 5. The van der Waals surface area contributed by atoms with Crippen molar-refractivity contribution in [3.63, 3.8) is 0 Å². The normalized spacial score (nSPS) is 13.2. The molecule has 4 aromatic rings. The zero-order chi connectivity index (χ0) is 23.0. The molecule has 0 saturated carbocycles. The number of aromatic nitrogens is 1. The zero-order valence-corrected chi connectivity index (χ0v) is 19.2. The first-order chi connectivity index (χ1) is 15.3. The van der Waals surface area contributed by atoms with Crippen molar-refractivity contribution in [3.8, 4) is 17.1 Å². The van der Waals surface area contributed by atoms with Gasteiger partial charge in [0.15, 0.2) is 16.2 Å². The molecule has 0 bridgehead atoms. The molecule has 0 amide bonds. The van der Waals surface area contributed by atoms with Crippen LogP contribution in [-0.4, -0.2) is 9.19 Å². The summed E-state index contributed by atoms with van der Waals surface area (Å²) in [7, 11) is -1.80. The smallest absolute Gasteiger partial charge is 0.196 e. The van der Waals surface area contributed by atoms with Gasteiger partial charge in [0.05, 0.1) is 5.39 Å². The third kappa shape index (κ3) is 4.09. The quantitative estimate of drug-likeness (QED) is 0.468. The van der Waals surface area contributed by atoms with E-state index in [9.17, 15) is 9.00 Å². The second kappa shape index (κ2) is 8.68.